The average molecular weight is 393 g/mol. The number of nitrogens with zero attached hydrogens (tertiary/aromatic N) is 2. The van der Waals surface area contributed by atoms with E-state index in [2.05, 4.69) is 24.0 Å². The average Bonchev–Trinajstić information content (AvgIpc) is 2.91. The lowest BCUT2D eigenvalue weighted by molar-refractivity contribution is 0.596. The van der Waals surface area contributed by atoms with Gasteiger partial charge in [0.15, 0.2) is 0 Å². The quantitative estimate of drug-likeness (QED) is 0.604. The number of sulfonamides is 1. The van der Waals surface area contributed by atoms with E-state index < -0.39 is 10.0 Å². The molecule has 4 nitrogen and oxygen atoms in total. The summed E-state index contributed by atoms with van der Waals surface area (Å²) in [5, 5.41) is 0.481. The third-order valence-corrected chi connectivity index (χ3v) is 6.47. The van der Waals surface area contributed by atoms with Gasteiger partial charge in [-0.3, -0.25) is 0 Å². The molecule has 7 heteroatoms. The van der Waals surface area contributed by atoms with Gasteiger partial charge in [0.25, 0.3) is 10.0 Å². The number of fused-ring (bicyclic) bond motifs is 1. The predicted molar refractivity (Wildman–Crippen MR) is 104 cm³/mol. The summed E-state index contributed by atoms with van der Waals surface area (Å²) < 4.78 is 32.2. The first-order valence-electron chi connectivity index (χ1n) is 7.74. The van der Waals surface area contributed by atoms with Crippen LogP contribution in [0.2, 0.25) is 5.02 Å². The Bertz CT molecular complexity index is 1090. The summed E-state index contributed by atoms with van der Waals surface area (Å²) in [7, 11) is -3.81. The van der Waals surface area contributed by atoms with Crippen molar-refractivity contribution in [1.82, 2.24) is 4.57 Å². The van der Waals surface area contributed by atoms with Gasteiger partial charge in [0.2, 0.25) is 4.80 Å². The molecule has 0 aliphatic carbocycles. The van der Waals surface area contributed by atoms with Crippen LogP contribution >= 0.6 is 22.9 Å². The highest BCUT2D eigenvalue weighted by atomic mass is 35.5. The topological polar surface area (TPSA) is 51.4 Å². The zero-order valence-corrected chi connectivity index (χ0v) is 16.0. The van der Waals surface area contributed by atoms with Crippen LogP contribution < -0.4 is 4.80 Å². The Morgan fingerprint density at radius 3 is 2.60 bits per heavy atom. The van der Waals surface area contributed by atoms with E-state index in [1.165, 1.54) is 29.0 Å². The summed E-state index contributed by atoms with van der Waals surface area (Å²) in [6.07, 6.45) is 2.65. The van der Waals surface area contributed by atoms with Gasteiger partial charge in [0.05, 0.1) is 15.1 Å². The van der Waals surface area contributed by atoms with Gasteiger partial charge in [0.1, 0.15) is 0 Å². The van der Waals surface area contributed by atoms with E-state index in [4.69, 9.17) is 11.6 Å². The molecule has 3 aromatic rings. The molecular formula is C18H17ClN2O2S2. The Labute approximate surface area is 155 Å². The number of thiazole rings is 1. The summed E-state index contributed by atoms with van der Waals surface area (Å²) >= 11 is 7.19. The van der Waals surface area contributed by atoms with Gasteiger partial charge < -0.3 is 4.57 Å². The van der Waals surface area contributed by atoms with E-state index in [9.17, 15) is 8.42 Å². The molecule has 1 aromatic heterocycles. The molecule has 0 fully saturated rings. The van der Waals surface area contributed by atoms with E-state index >= 15 is 0 Å². The van der Waals surface area contributed by atoms with E-state index in [0.29, 0.717) is 16.4 Å². The number of aryl methyl sites for hydroxylation is 1. The third-order valence-electron chi connectivity index (χ3n) is 3.78. The van der Waals surface area contributed by atoms with Crippen LogP contribution in [0.1, 0.15) is 12.5 Å². The molecule has 0 saturated carbocycles. The molecule has 0 aliphatic heterocycles. The lowest BCUT2D eigenvalue weighted by Gasteiger charge is -2.02. The first-order valence-corrected chi connectivity index (χ1v) is 10.4. The van der Waals surface area contributed by atoms with Gasteiger partial charge in [0, 0.05) is 11.6 Å². The third kappa shape index (κ3) is 3.71. The Morgan fingerprint density at radius 1 is 1.24 bits per heavy atom. The first-order chi connectivity index (χ1) is 11.9. The fourth-order valence-electron chi connectivity index (χ4n) is 2.48. The Hall–Kier alpha value is -1.89. The zero-order valence-electron chi connectivity index (χ0n) is 13.6. The Morgan fingerprint density at radius 2 is 1.96 bits per heavy atom. The highest BCUT2D eigenvalue weighted by Crippen LogP contribution is 2.21. The largest absolute Gasteiger partial charge is 0.312 e. The van der Waals surface area contributed by atoms with E-state index in [1.54, 1.807) is 18.2 Å². The van der Waals surface area contributed by atoms with Gasteiger partial charge in [-0.2, -0.15) is 8.42 Å². The second-order valence-corrected chi connectivity index (χ2v) is 8.51. The molecule has 0 spiro atoms. The van der Waals surface area contributed by atoms with Crippen molar-refractivity contribution in [3.05, 3.63) is 70.5 Å². The Kier molecular flexibility index (Phi) is 5.13. The molecule has 130 valence electrons. The fourth-order valence-corrected chi connectivity index (χ4v) is 4.91. The lowest BCUT2D eigenvalue weighted by atomic mass is 10.2. The fraction of sp³-hybridized carbons (Fsp3) is 0.167. The van der Waals surface area contributed by atoms with Crippen molar-refractivity contribution in [1.29, 1.82) is 0 Å². The molecule has 0 N–H and O–H groups in total. The normalized spacial score (nSPS) is 12.6. The predicted octanol–water partition coefficient (Wildman–Crippen LogP) is 4.39. The lowest BCUT2D eigenvalue weighted by Crippen LogP contribution is -2.16. The maximum absolute atomic E-state index is 12.6. The van der Waals surface area contributed by atoms with Gasteiger partial charge in [-0.25, -0.2) is 0 Å². The number of hydrogen-bond acceptors (Lipinski definition) is 3. The summed E-state index contributed by atoms with van der Waals surface area (Å²) in [5.74, 6) is 0. The minimum atomic E-state index is -3.81. The van der Waals surface area contributed by atoms with Gasteiger partial charge in [-0.15, -0.1) is 11.0 Å². The van der Waals surface area contributed by atoms with Crippen molar-refractivity contribution in [3.63, 3.8) is 0 Å². The molecule has 0 bridgehead atoms. The number of allylic oxidation sites excluding steroid dienone is 1. The van der Waals surface area contributed by atoms with Crippen LogP contribution in [0.25, 0.3) is 10.2 Å². The number of benzene rings is 2. The highest BCUT2D eigenvalue weighted by Gasteiger charge is 2.14. The molecule has 1 heterocycles. The molecule has 25 heavy (non-hydrogen) atoms. The second-order valence-electron chi connectivity index (χ2n) is 5.46. The van der Waals surface area contributed by atoms with Crippen LogP contribution in [-0.4, -0.2) is 13.0 Å². The van der Waals surface area contributed by atoms with E-state index in [1.807, 2.05) is 16.7 Å². The molecule has 0 saturated heterocycles. The van der Waals surface area contributed by atoms with Crippen LogP contribution in [0.4, 0.5) is 0 Å². The van der Waals surface area contributed by atoms with Crippen LogP contribution in [0.15, 0.2) is 64.4 Å². The molecule has 0 unspecified atom stereocenters. The van der Waals surface area contributed by atoms with Crippen molar-refractivity contribution in [2.45, 2.75) is 24.8 Å². The summed E-state index contributed by atoms with van der Waals surface area (Å²) in [6, 6.07) is 12.1. The monoisotopic (exact) mass is 392 g/mol. The molecule has 0 atom stereocenters. The standard InChI is InChI=1S/C18H17ClN2O2S2/c1-3-11-21-16-10-5-13(4-2)12-17(16)24-18(21)20-25(22,23)15-8-6-14(19)7-9-15/h3,5-10,12H,1,4,11H2,2H3/b20-18-. The number of hydrogen-bond donors (Lipinski definition) is 0. The van der Waals surface area contributed by atoms with Crippen LogP contribution in [0, 0.1) is 0 Å². The maximum atomic E-state index is 12.6. The van der Waals surface area contributed by atoms with Crippen molar-refractivity contribution in [2.24, 2.45) is 4.40 Å². The van der Waals surface area contributed by atoms with E-state index in [0.717, 1.165) is 16.6 Å². The molecule has 0 amide bonds. The minimum absolute atomic E-state index is 0.119. The van der Waals surface area contributed by atoms with E-state index in [-0.39, 0.29) is 4.90 Å². The summed E-state index contributed by atoms with van der Waals surface area (Å²) in [4.78, 5) is 0.548. The second kappa shape index (κ2) is 7.15. The van der Waals surface area contributed by atoms with Crippen molar-refractivity contribution < 1.29 is 8.42 Å². The van der Waals surface area contributed by atoms with Crippen molar-refractivity contribution >= 4 is 43.2 Å². The van der Waals surface area contributed by atoms with Gasteiger partial charge >= 0.3 is 0 Å². The summed E-state index contributed by atoms with van der Waals surface area (Å²) in [5.41, 5.74) is 2.15. The number of rotatable bonds is 5. The molecular weight excluding hydrogens is 376 g/mol. The smallest absolute Gasteiger partial charge is 0.285 e. The van der Waals surface area contributed by atoms with Crippen LogP contribution in [-0.2, 0) is 23.0 Å². The SMILES string of the molecule is C=CCn1/c(=N/S(=O)(=O)c2ccc(Cl)cc2)sc2cc(CC)ccc21. The maximum Gasteiger partial charge on any atom is 0.285 e. The number of aromatic nitrogens is 1. The minimum Gasteiger partial charge on any atom is -0.312 e. The first kappa shape index (κ1) is 17.9. The van der Waals surface area contributed by atoms with Crippen molar-refractivity contribution in [3.8, 4) is 0 Å². The van der Waals surface area contributed by atoms with Gasteiger partial charge in [-0.05, 0) is 48.4 Å². The molecule has 2 aromatic carbocycles. The zero-order chi connectivity index (χ0) is 18.0. The Balaban J connectivity index is 2.22. The van der Waals surface area contributed by atoms with Crippen LogP contribution in [0.5, 0.6) is 0 Å². The summed E-state index contributed by atoms with van der Waals surface area (Å²) in [6.45, 7) is 6.33. The van der Waals surface area contributed by atoms with Gasteiger partial charge in [-0.1, -0.05) is 42.0 Å². The van der Waals surface area contributed by atoms with Crippen LogP contribution in [0.3, 0.4) is 0 Å². The number of halogens is 1. The van der Waals surface area contributed by atoms with Crippen molar-refractivity contribution in [2.75, 3.05) is 0 Å². The highest BCUT2D eigenvalue weighted by molar-refractivity contribution is 7.90. The molecule has 0 aliphatic rings. The molecule has 3 rings (SSSR count). The molecule has 0 radical (unpaired) electrons.